The molecule has 0 radical (unpaired) electrons. The van der Waals surface area contributed by atoms with Crippen molar-refractivity contribution in [2.75, 3.05) is 0 Å². The van der Waals surface area contributed by atoms with Gasteiger partial charge in [0.25, 0.3) is 0 Å². The zero-order chi connectivity index (χ0) is 12.2. The summed E-state index contributed by atoms with van der Waals surface area (Å²) in [6.07, 6.45) is 3.88. The smallest absolute Gasteiger partial charge is 0.314 e. The van der Waals surface area contributed by atoms with Crippen LogP contribution < -0.4 is 0 Å². The van der Waals surface area contributed by atoms with E-state index >= 15 is 0 Å². The number of esters is 1. The average molecular weight is 222 g/mol. The first-order valence-electron chi connectivity index (χ1n) is 4.89. The summed E-state index contributed by atoms with van der Waals surface area (Å²) in [5.41, 5.74) is -0.409. The minimum Gasteiger partial charge on any atom is -0.460 e. The Balaban J connectivity index is 2.56. The van der Waals surface area contributed by atoms with Gasteiger partial charge in [0.15, 0.2) is 5.78 Å². The molecular weight excluding hydrogens is 208 g/mol. The van der Waals surface area contributed by atoms with E-state index in [1.54, 1.807) is 20.8 Å². The molecule has 0 saturated heterocycles. The Hall–Kier alpha value is -1.78. The third-order valence-electron chi connectivity index (χ3n) is 1.57. The lowest BCUT2D eigenvalue weighted by Crippen LogP contribution is -2.25. The number of ether oxygens (including phenoxy) is 1. The third-order valence-corrected chi connectivity index (χ3v) is 1.57. The van der Waals surface area contributed by atoms with Gasteiger partial charge in [-0.25, -0.2) is 4.98 Å². The Morgan fingerprint density at radius 3 is 2.50 bits per heavy atom. The molecule has 5 heteroatoms. The van der Waals surface area contributed by atoms with Gasteiger partial charge in [-0.1, -0.05) is 0 Å². The second-order valence-electron chi connectivity index (χ2n) is 4.28. The van der Waals surface area contributed by atoms with E-state index in [-0.39, 0.29) is 17.9 Å². The second-order valence-corrected chi connectivity index (χ2v) is 4.28. The molecule has 0 spiro atoms. The summed E-state index contributed by atoms with van der Waals surface area (Å²) in [4.78, 5) is 30.4. The summed E-state index contributed by atoms with van der Waals surface area (Å²) >= 11 is 0. The fourth-order valence-corrected chi connectivity index (χ4v) is 1.04. The van der Waals surface area contributed by atoms with E-state index in [0.29, 0.717) is 0 Å². The SMILES string of the molecule is CC(C)(C)OC(=O)CC(=O)c1cnccn1. The summed E-state index contributed by atoms with van der Waals surface area (Å²) < 4.78 is 5.02. The van der Waals surface area contributed by atoms with Crippen LogP contribution >= 0.6 is 0 Å². The number of aromatic nitrogens is 2. The van der Waals surface area contributed by atoms with Crippen molar-refractivity contribution >= 4 is 11.8 Å². The first-order chi connectivity index (χ1) is 7.38. The van der Waals surface area contributed by atoms with Crippen LogP contribution in [0.2, 0.25) is 0 Å². The molecule has 86 valence electrons. The van der Waals surface area contributed by atoms with E-state index in [4.69, 9.17) is 4.74 Å². The summed E-state index contributed by atoms with van der Waals surface area (Å²) in [6.45, 7) is 5.24. The van der Waals surface area contributed by atoms with Crippen molar-refractivity contribution in [3.8, 4) is 0 Å². The maximum Gasteiger partial charge on any atom is 0.314 e. The monoisotopic (exact) mass is 222 g/mol. The van der Waals surface area contributed by atoms with E-state index in [9.17, 15) is 9.59 Å². The number of nitrogens with zero attached hydrogens (tertiary/aromatic N) is 2. The maximum atomic E-state index is 11.5. The van der Waals surface area contributed by atoms with Crippen molar-refractivity contribution < 1.29 is 14.3 Å². The highest BCUT2D eigenvalue weighted by Crippen LogP contribution is 2.09. The van der Waals surface area contributed by atoms with Gasteiger partial charge in [-0.05, 0) is 20.8 Å². The number of hydrogen-bond acceptors (Lipinski definition) is 5. The van der Waals surface area contributed by atoms with Crippen molar-refractivity contribution in [1.82, 2.24) is 9.97 Å². The summed E-state index contributed by atoms with van der Waals surface area (Å²) in [5.74, 6) is -0.939. The zero-order valence-corrected chi connectivity index (χ0v) is 9.56. The topological polar surface area (TPSA) is 69.2 Å². The molecule has 5 nitrogen and oxygen atoms in total. The minimum atomic E-state index is -0.584. The Morgan fingerprint density at radius 2 is 2.00 bits per heavy atom. The molecule has 0 aliphatic rings. The average Bonchev–Trinajstić information content (AvgIpc) is 2.16. The number of ketones is 1. The Labute approximate surface area is 93.9 Å². The molecule has 1 heterocycles. The van der Waals surface area contributed by atoms with E-state index < -0.39 is 11.6 Å². The van der Waals surface area contributed by atoms with Gasteiger partial charge in [0.2, 0.25) is 0 Å². The number of hydrogen-bond donors (Lipinski definition) is 0. The molecule has 0 atom stereocenters. The van der Waals surface area contributed by atoms with Crippen LogP contribution in [-0.2, 0) is 9.53 Å². The van der Waals surface area contributed by atoms with Crippen LogP contribution in [0.1, 0.15) is 37.7 Å². The van der Waals surface area contributed by atoms with Crippen molar-refractivity contribution in [3.05, 3.63) is 24.3 Å². The predicted octanol–water partition coefficient (Wildman–Crippen LogP) is 1.39. The van der Waals surface area contributed by atoms with E-state index in [0.717, 1.165) is 0 Å². The molecule has 0 unspecified atom stereocenters. The predicted molar refractivity (Wildman–Crippen MR) is 56.8 cm³/mol. The number of Topliss-reactive ketones (excluding diaryl/α,β-unsaturated/α-hetero) is 1. The second kappa shape index (κ2) is 4.83. The molecule has 0 saturated carbocycles. The number of carbonyl (C=O) groups is 2. The molecule has 16 heavy (non-hydrogen) atoms. The first kappa shape index (κ1) is 12.3. The number of rotatable bonds is 3. The fourth-order valence-electron chi connectivity index (χ4n) is 1.04. The van der Waals surface area contributed by atoms with Gasteiger partial charge < -0.3 is 4.74 Å². The van der Waals surface area contributed by atoms with Crippen LogP contribution in [0.3, 0.4) is 0 Å². The molecule has 0 amide bonds. The highest BCUT2D eigenvalue weighted by Gasteiger charge is 2.20. The third kappa shape index (κ3) is 4.16. The lowest BCUT2D eigenvalue weighted by molar-refractivity contribution is -0.153. The van der Waals surface area contributed by atoms with Crippen LogP contribution in [0.25, 0.3) is 0 Å². The Morgan fingerprint density at radius 1 is 1.31 bits per heavy atom. The normalized spacial score (nSPS) is 10.9. The molecule has 1 aromatic heterocycles. The van der Waals surface area contributed by atoms with Crippen LogP contribution in [0, 0.1) is 0 Å². The summed E-state index contributed by atoms with van der Waals surface area (Å²) in [6, 6.07) is 0. The molecule has 0 fully saturated rings. The van der Waals surface area contributed by atoms with E-state index in [1.165, 1.54) is 18.6 Å². The largest absolute Gasteiger partial charge is 0.460 e. The van der Waals surface area contributed by atoms with Gasteiger partial charge in [0.05, 0.1) is 6.20 Å². The quantitative estimate of drug-likeness (QED) is 0.439. The van der Waals surface area contributed by atoms with Gasteiger partial charge in [-0.15, -0.1) is 0 Å². The van der Waals surface area contributed by atoms with Crippen molar-refractivity contribution in [2.24, 2.45) is 0 Å². The molecule has 0 bridgehead atoms. The van der Waals surface area contributed by atoms with Crippen LogP contribution in [-0.4, -0.2) is 27.3 Å². The standard InChI is InChI=1S/C11H14N2O3/c1-11(2,3)16-10(15)6-9(14)8-7-12-4-5-13-8/h4-5,7H,6H2,1-3H3. The Kier molecular flexibility index (Phi) is 3.71. The van der Waals surface area contributed by atoms with Crippen molar-refractivity contribution in [3.63, 3.8) is 0 Å². The zero-order valence-electron chi connectivity index (χ0n) is 9.56. The van der Waals surface area contributed by atoms with Crippen LogP contribution in [0.15, 0.2) is 18.6 Å². The molecule has 0 aromatic carbocycles. The lowest BCUT2D eigenvalue weighted by atomic mass is 10.2. The van der Waals surface area contributed by atoms with E-state index in [2.05, 4.69) is 9.97 Å². The maximum absolute atomic E-state index is 11.5. The van der Waals surface area contributed by atoms with Gasteiger partial charge in [-0.3, -0.25) is 14.6 Å². The Bertz CT molecular complexity index is 382. The lowest BCUT2D eigenvalue weighted by Gasteiger charge is -2.18. The van der Waals surface area contributed by atoms with Crippen LogP contribution in [0.5, 0.6) is 0 Å². The molecule has 1 rings (SSSR count). The highest BCUT2D eigenvalue weighted by atomic mass is 16.6. The summed E-state index contributed by atoms with van der Waals surface area (Å²) in [7, 11) is 0. The summed E-state index contributed by atoms with van der Waals surface area (Å²) in [5, 5.41) is 0. The van der Waals surface area contributed by atoms with Crippen molar-refractivity contribution in [1.29, 1.82) is 0 Å². The number of carbonyl (C=O) groups excluding carboxylic acids is 2. The molecule has 0 N–H and O–H groups in total. The van der Waals surface area contributed by atoms with Crippen molar-refractivity contribution in [2.45, 2.75) is 32.8 Å². The minimum absolute atomic E-state index is 0.174. The fraction of sp³-hybridized carbons (Fsp3) is 0.455. The molecule has 1 aromatic rings. The van der Waals surface area contributed by atoms with E-state index in [1.807, 2.05) is 0 Å². The highest BCUT2D eigenvalue weighted by molar-refractivity contribution is 6.04. The van der Waals surface area contributed by atoms with Gasteiger partial charge in [0.1, 0.15) is 17.7 Å². The van der Waals surface area contributed by atoms with Gasteiger partial charge in [0, 0.05) is 12.4 Å². The molecule has 0 aliphatic carbocycles. The molecule has 0 aliphatic heterocycles. The van der Waals surface area contributed by atoms with Gasteiger partial charge >= 0.3 is 5.97 Å². The first-order valence-corrected chi connectivity index (χ1v) is 4.89. The van der Waals surface area contributed by atoms with Gasteiger partial charge in [-0.2, -0.15) is 0 Å². The molecular formula is C11H14N2O3. The van der Waals surface area contributed by atoms with Crippen LogP contribution in [0.4, 0.5) is 0 Å².